The number of H-pyrrole nitrogens is 1. The summed E-state index contributed by atoms with van der Waals surface area (Å²) >= 11 is 0. The third kappa shape index (κ3) is 3.45. The maximum absolute atomic E-state index is 10.1. The van der Waals surface area contributed by atoms with Gasteiger partial charge in [-0.15, -0.1) is 0 Å². The highest BCUT2D eigenvalue weighted by Crippen LogP contribution is 1.93. The van der Waals surface area contributed by atoms with E-state index in [1.165, 1.54) is 0 Å². The van der Waals surface area contributed by atoms with E-state index in [1.807, 2.05) is 24.5 Å². The molecule has 11 heavy (non-hydrogen) atoms. The Balaban J connectivity index is 0.000000112. The molecule has 0 unspecified atom stereocenters. The second kappa shape index (κ2) is 4.55. The minimum Gasteiger partial charge on any atom is -0.368 e. The lowest BCUT2D eigenvalue weighted by Crippen LogP contribution is -2.12. The molecule has 0 spiro atoms. The molecule has 1 aromatic rings. The molecule has 0 atom stereocenters. The van der Waals surface area contributed by atoms with Crippen LogP contribution in [0.3, 0.4) is 0 Å². The third-order valence-corrected chi connectivity index (χ3v) is 1.40. The molecule has 1 fully saturated rings. The van der Waals surface area contributed by atoms with Gasteiger partial charge in [0.1, 0.15) is 0 Å². The summed E-state index contributed by atoms with van der Waals surface area (Å²) < 4.78 is 0. The lowest BCUT2D eigenvalue weighted by atomic mass is 10.4. The zero-order valence-corrected chi connectivity index (χ0v) is 6.34. The van der Waals surface area contributed by atoms with Crippen molar-refractivity contribution >= 4 is 5.91 Å². The van der Waals surface area contributed by atoms with E-state index in [2.05, 4.69) is 10.3 Å². The van der Waals surface area contributed by atoms with Crippen molar-refractivity contribution in [3.8, 4) is 0 Å². The van der Waals surface area contributed by atoms with Gasteiger partial charge in [0.25, 0.3) is 0 Å². The average molecular weight is 152 g/mol. The van der Waals surface area contributed by atoms with Crippen LogP contribution in [0, 0.1) is 0 Å². The Morgan fingerprint density at radius 1 is 1.27 bits per heavy atom. The molecule has 2 rings (SSSR count). The fraction of sp³-hybridized carbons (Fsp3) is 0.375. The molecule has 1 aliphatic heterocycles. The maximum atomic E-state index is 10.1. The quantitative estimate of drug-likeness (QED) is 0.570. The van der Waals surface area contributed by atoms with Crippen LogP contribution >= 0.6 is 0 Å². The van der Waals surface area contributed by atoms with Crippen molar-refractivity contribution in [1.82, 2.24) is 10.3 Å². The molecule has 2 N–H and O–H groups in total. The Kier molecular flexibility index (Phi) is 3.25. The van der Waals surface area contributed by atoms with Gasteiger partial charge in [-0.2, -0.15) is 0 Å². The van der Waals surface area contributed by atoms with Crippen LogP contribution in [0.1, 0.15) is 12.8 Å². The summed E-state index contributed by atoms with van der Waals surface area (Å²) in [6, 6.07) is 3.89. The molecular weight excluding hydrogens is 140 g/mol. The molecule has 1 amide bonds. The number of rotatable bonds is 0. The molecule has 1 saturated heterocycles. The van der Waals surface area contributed by atoms with Crippen molar-refractivity contribution in [1.29, 1.82) is 0 Å². The minimum atomic E-state index is 0.204. The van der Waals surface area contributed by atoms with E-state index in [0.717, 1.165) is 19.4 Å². The van der Waals surface area contributed by atoms with E-state index >= 15 is 0 Å². The monoisotopic (exact) mass is 152 g/mol. The zero-order valence-electron chi connectivity index (χ0n) is 6.34. The normalized spacial score (nSPS) is 15.1. The van der Waals surface area contributed by atoms with Gasteiger partial charge in [0.05, 0.1) is 0 Å². The predicted octanol–water partition coefficient (Wildman–Crippen LogP) is 0.911. The third-order valence-electron chi connectivity index (χ3n) is 1.40. The Morgan fingerprint density at radius 3 is 2.18 bits per heavy atom. The molecule has 0 aromatic carbocycles. The fourth-order valence-corrected chi connectivity index (χ4v) is 0.843. The van der Waals surface area contributed by atoms with Gasteiger partial charge in [-0.3, -0.25) is 4.79 Å². The summed E-state index contributed by atoms with van der Waals surface area (Å²) in [5.74, 6) is 0.204. The number of aromatic amines is 1. The summed E-state index contributed by atoms with van der Waals surface area (Å²) in [6.07, 6.45) is 5.51. The van der Waals surface area contributed by atoms with Crippen LogP contribution in [-0.2, 0) is 4.79 Å². The van der Waals surface area contributed by atoms with Crippen molar-refractivity contribution in [2.45, 2.75) is 12.8 Å². The van der Waals surface area contributed by atoms with Crippen molar-refractivity contribution < 1.29 is 4.79 Å². The smallest absolute Gasteiger partial charge is 0.220 e. The average Bonchev–Trinajstić information content (AvgIpc) is 2.57. The highest BCUT2D eigenvalue weighted by Gasteiger charge is 2.05. The first-order chi connectivity index (χ1) is 5.39. The van der Waals surface area contributed by atoms with Crippen LogP contribution in [0.4, 0.5) is 0 Å². The number of hydrogen-bond donors (Lipinski definition) is 2. The number of aromatic nitrogens is 1. The molecule has 1 aliphatic rings. The summed E-state index contributed by atoms with van der Waals surface area (Å²) in [7, 11) is 0. The van der Waals surface area contributed by atoms with Crippen molar-refractivity contribution in [3.63, 3.8) is 0 Å². The first-order valence-electron chi connectivity index (χ1n) is 3.74. The standard InChI is InChI=1S/C4H7NO.C4H5N/c6-4-2-1-3-5-4;1-2-4-5-3-1/h1-3H2,(H,5,6);1-5H. The zero-order chi connectivity index (χ0) is 7.94. The largest absolute Gasteiger partial charge is 0.368 e. The summed E-state index contributed by atoms with van der Waals surface area (Å²) in [6.45, 7) is 0.888. The second-order valence-corrected chi connectivity index (χ2v) is 2.34. The SMILES string of the molecule is O=C1CCCN1.c1cc[nH]c1. The molecule has 3 heteroatoms. The van der Waals surface area contributed by atoms with Crippen LogP contribution in [0.25, 0.3) is 0 Å². The second-order valence-electron chi connectivity index (χ2n) is 2.34. The molecule has 0 saturated carbocycles. The van der Waals surface area contributed by atoms with E-state index in [-0.39, 0.29) is 5.91 Å². The highest BCUT2D eigenvalue weighted by atomic mass is 16.1. The fourth-order valence-electron chi connectivity index (χ4n) is 0.843. The van der Waals surface area contributed by atoms with Crippen LogP contribution < -0.4 is 5.32 Å². The number of nitrogens with one attached hydrogen (secondary N) is 2. The molecule has 0 aliphatic carbocycles. The van der Waals surface area contributed by atoms with E-state index in [4.69, 9.17) is 0 Å². The predicted molar refractivity (Wildman–Crippen MR) is 43.0 cm³/mol. The molecule has 60 valence electrons. The van der Waals surface area contributed by atoms with E-state index in [9.17, 15) is 4.79 Å². The molecule has 0 radical (unpaired) electrons. The summed E-state index contributed by atoms with van der Waals surface area (Å²) in [5, 5.41) is 2.68. The Bertz CT molecular complexity index is 169. The number of hydrogen-bond acceptors (Lipinski definition) is 1. The minimum absolute atomic E-state index is 0.204. The topological polar surface area (TPSA) is 44.9 Å². The van der Waals surface area contributed by atoms with Crippen molar-refractivity contribution in [3.05, 3.63) is 24.5 Å². The number of carbonyl (C=O) groups excluding carboxylic acids is 1. The van der Waals surface area contributed by atoms with Crippen LogP contribution in [0.5, 0.6) is 0 Å². The van der Waals surface area contributed by atoms with Gasteiger partial charge in [0.15, 0.2) is 0 Å². The van der Waals surface area contributed by atoms with Crippen LogP contribution in [-0.4, -0.2) is 17.4 Å². The lowest BCUT2D eigenvalue weighted by molar-refractivity contribution is -0.119. The van der Waals surface area contributed by atoms with E-state index < -0.39 is 0 Å². The Labute approximate surface area is 65.8 Å². The maximum Gasteiger partial charge on any atom is 0.220 e. The van der Waals surface area contributed by atoms with Gasteiger partial charge in [-0.25, -0.2) is 0 Å². The summed E-state index contributed by atoms with van der Waals surface area (Å²) in [5.41, 5.74) is 0. The van der Waals surface area contributed by atoms with Gasteiger partial charge in [-0.1, -0.05) is 0 Å². The molecule has 1 aromatic heterocycles. The van der Waals surface area contributed by atoms with Crippen molar-refractivity contribution in [2.24, 2.45) is 0 Å². The first kappa shape index (κ1) is 7.85. The van der Waals surface area contributed by atoms with Gasteiger partial charge in [-0.05, 0) is 18.6 Å². The van der Waals surface area contributed by atoms with Gasteiger partial charge in [0.2, 0.25) is 5.91 Å². The molecule has 0 bridgehead atoms. The van der Waals surface area contributed by atoms with E-state index in [0.29, 0.717) is 0 Å². The lowest BCUT2D eigenvalue weighted by Gasteiger charge is -1.80. The van der Waals surface area contributed by atoms with Gasteiger partial charge < -0.3 is 10.3 Å². The van der Waals surface area contributed by atoms with Crippen molar-refractivity contribution in [2.75, 3.05) is 6.54 Å². The Hall–Kier alpha value is -1.25. The van der Waals surface area contributed by atoms with E-state index in [1.54, 1.807) is 0 Å². The molecule has 3 nitrogen and oxygen atoms in total. The number of carbonyl (C=O) groups is 1. The first-order valence-corrected chi connectivity index (χ1v) is 3.74. The van der Waals surface area contributed by atoms with Gasteiger partial charge >= 0.3 is 0 Å². The molecule has 2 heterocycles. The summed E-state index contributed by atoms with van der Waals surface area (Å²) in [4.78, 5) is 13.0. The Morgan fingerprint density at radius 2 is 2.00 bits per heavy atom. The molecular formula is C8H12N2O. The number of amides is 1. The van der Waals surface area contributed by atoms with Gasteiger partial charge in [0, 0.05) is 25.4 Å². The highest BCUT2D eigenvalue weighted by molar-refractivity contribution is 5.77. The van der Waals surface area contributed by atoms with Crippen LogP contribution in [0.2, 0.25) is 0 Å². The van der Waals surface area contributed by atoms with Crippen LogP contribution in [0.15, 0.2) is 24.5 Å².